The molecule has 0 saturated carbocycles. The highest BCUT2D eigenvalue weighted by molar-refractivity contribution is 6.07. The van der Waals surface area contributed by atoms with Gasteiger partial charge in [0.2, 0.25) is 5.91 Å². The number of nitrogens with zero attached hydrogens (tertiary/aromatic N) is 3. The SMILES string of the molecule is Cc1cc(C)n(CC(=O)NNC(=O)C2CCN(C(=O)c3cccc4ccccc34)CC2)n1. The number of amides is 3. The van der Waals surface area contributed by atoms with Crippen LogP contribution in [0.15, 0.2) is 48.5 Å². The summed E-state index contributed by atoms with van der Waals surface area (Å²) in [7, 11) is 0. The van der Waals surface area contributed by atoms with Gasteiger partial charge >= 0.3 is 0 Å². The number of hydrazine groups is 1. The van der Waals surface area contributed by atoms with E-state index in [4.69, 9.17) is 0 Å². The third-order valence-corrected chi connectivity index (χ3v) is 5.89. The molecule has 3 aromatic rings. The van der Waals surface area contributed by atoms with Crippen molar-refractivity contribution in [1.29, 1.82) is 0 Å². The molecule has 2 aromatic carbocycles. The number of aryl methyl sites for hydroxylation is 2. The van der Waals surface area contributed by atoms with Gasteiger partial charge in [-0.2, -0.15) is 5.10 Å². The van der Waals surface area contributed by atoms with E-state index in [0.717, 1.165) is 22.2 Å². The Labute approximate surface area is 186 Å². The van der Waals surface area contributed by atoms with E-state index >= 15 is 0 Å². The predicted molar refractivity (Wildman–Crippen MR) is 121 cm³/mol. The maximum absolute atomic E-state index is 13.1. The van der Waals surface area contributed by atoms with Gasteiger partial charge in [-0.05, 0) is 49.6 Å². The number of benzene rings is 2. The largest absolute Gasteiger partial charge is 0.339 e. The summed E-state index contributed by atoms with van der Waals surface area (Å²) in [4.78, 5) is 39.5. The zero-order valence-corrected chi connectivity index (χ0v) is 18.3. The Bertz CT molecular complexity index is 1160. The molecule has 0 spiro atoms. The molecule has 1 saturated heterocycles. The van der Waals surface area contributed by atoms with E-state index in [1.807, 2.05) is 62.4 Å². The van der Waals surface area contributed by atoms with Crippen LogP contribution in [0, 0.1) is 19.8 Å². The zero-order chi connectivity index (χ0) is 22.7. The Morgan fingerprint density at radius 3 is 2.44 bits per heavy atom. The van der Waals surface area contributed by atoms with Crippen molar-refractivity contribution in [3.8, 4) is 0 Å². The van der Waals surface area contributed by atoms with Crippen molar-refractivity contribution >= 4 is 28.5 Å². The number of hydrogen-bond acceptors (Lipinski definition) is 4. The van der Waals surface area contributed by atoms with Gasteiger partial charge in [0.15, 0.2) is 0 Å². The Hall–Kier alpha value is -3.68. The second-order valence-corrected chi connectivity index (χ2v) is 8.22. The molecule has 0 radical (unpaired) electrons. The number of aromatic nitrogens is 2. The van der Waals surface area contributed by atoms with Gasteiger partial charge in [0.25, 0.3) is 11.8 Å². The lowest BCUT2D eigenvalue weighted by Gasteiger charge is -2.31. The lowest BCUT2D eigenvalue weighted by atomic mass is 9.95. The Morgan fingerprint density at radius 1 is 1.00 bits per heavy atom. The molecule has 0 unspecified atom stereocenters. The van der Waals surface area contributed by atoms with Crippen LogP contribution in [0.4, 0.5) is 0 Å². The first-order chi connectivity index (χ1) is 15.4. The highest BCUT2D eigenvalue weighted by Crippen LogP contribution is 2.23. The van der Waals surface area contributed by atoms with Crippen LogP contribution in [0.25, 0.3) is 10.8 Å². The van der Waals surface area contributed by atoms with Crippen molar-refractivity contribution in [2.45, 2.75) is 33.2 Å². The summed E-state index contributed by atoms with van der Waals surface area (Å²) in [5, 5.41) is 6.21. The van der Waals surface area contributed by atoms with E-state index in [1.165, 1.54) is 0 Å². The van der Waals surface area contributed by atoms with Crippen LogP contribution in [-0.2, 0) is 16.1 Å². The highest BCUT2D eigenvalue weighted by Gasteiger charge is 2.28. The van der Waals surface area contributed by atoms with E-state index in [1.54, 1.807) is 9.58 Å². The lowest BCUT2D eigenvalue weighted by molar-refractivity contribution is -0.132. The number of carbonyl (C=O) groups excluding carboxylic acids is 3. The number of carbonyl (C=O) groups is 3. The van der Waals surface area contributed by atoms with Gasteiger partial charge in [0.05, 0.1) is 5.69 Å². The van der Waals surface area contributed by atoms with Crippen molar-refractivity contribution in [2.24, 2.45) is 5.92 Å². The van der Waals surface area contributed by atoms with Crippen molar-refractivity contribution in [3.05, 3.63) is 65.5 Å². The molecule has 1 aliphatic heterocycles. The first-order valence-electron chi connectivity index (χ1n) is 10.8. The van der Waals surface area contributed by atoms with Crippen LogP contribution in [0.2, 0.25) is 0 Å². The van der Waals surface area contributed by atoms with Crippen molar-refractivity contribution < 1.29 is 14.4 Å². The van der Waals surface area contributed by atoms with Gasteiger partial charge < -0.3 is 4.90 Å². The normalized spacial score (nSPS) is 14.4. The van der Waals surface area contributed by atoms with E-state index in [2.05, 4.69) is 16.0 Å². The molecule has 3 amide bonds. The van der Waals surface area contributed by atoms with E-state index in [0.29, 0.717) is 31.5 Å². The minimum absolute atomic E-state index is 0.0150. The van der Waals surface area contributed by atoms with Crippen molar-refractivity contribution in [1.82, 2.24) is 25.5 Å². The maximum atomic E-state index is 13.1. The van der Waals surface area contributed by atoms with Crippen molar-refractivity contribution in [2.75, 3.05) is 13.1 Å². The van der Waals surface area contributed by atoms with Gasteiger partial charge in [-0.3, -0.25) is 29.9 Å². The average molecular weight is 434 g/mol. The second kappa shape index (κ2) is 9.21. The molecule has 2 N–H and O–H groups in total. The van der Waals surface area contributed by atoms with Crippen LogP contribution in [0.5, 0.6) is 0 Å². The molecular formula is C24H27N5O3. The fourth-order valence-electron chi connectivity index (χ4n) is 4.17. The summed E-state index contributed by atoms with van der Waals surface area (Å²) in [5.41, 5.74) is 7.38. The van der Waals surface area contributed by atoms with Gasteiger partial charge in [-0.1, -0.05) is 36.4 Å². The van der Waals surface area contributed by atoms with Crippen LogP contribution in [-0.4, -0.2) is 45.5 Å². The minimum Gasteiger partial charge on any atom is -0.339 e. The van der Waals surface area contributed by atoms with Gasteiger partial charge in [0, 0.05) is 30.3 Å². The summed E-state index contributed by atoms with van der Waals surface area (Å²) < 4.78 is 1.59. The molecule has 1 aliphatic rings. The molecule has 8 nitrogen and oxygen atoms in total. The van der Waals surface area contributed by atoms with Gasteiger partial charge in [-0.15, -0.1) is 0 Å². The molecule has 1 fully saturated rings. The average Bonchev–Trinajstić information content (AvgIpc) is 3.13. The van der Waals surface area contributed by atoms with Crippen LogP contribution in [0.1, 0.15) is 34.6 Å². The molecule has 0 atom stereocenters. The van der Waals surface area contributed by atoms with Gasteiger partial charge in [-0.25, -0.2) is 0 Å². The zero-order valence-electron chi connectivity index (χ0n) is 18.3. The first kappa shape index (κ1) is 21.5. The fourth-order valence-corrected chi connectivity index (χ4v) is 4.17. The van der Waals surface area contributed by atoms with Gasteiger partial charge in [0.1, 0.15) is 6.54 Å². The molecule has 32 heavy (non-hydrogen) atoms. The summed E-state index contributed by atoms with van der Waals surface area (Å²) in [5.74, 6) is -0.837. The predicted octanol–water partition coefficient (Wildman–Crippen LogP) is 2.35. The van der Waals surface area contributed by atoms with Crippen LogP contribution >= 0.6 is 0 Å². The van der Waals surface area contributed by atoms with Crippen LogP contribution in [0.3, 0.4) is 0 Å². The highest BCUT2D eigenvalue weighted by atomic mass is 16.2. The third-order valence-electron chi connectivity index (χ3n) is 5.89. The van der Waals surface area contributed by atoms with Crippen LogP contribution < -0.4 is 10.9 Å². The minimum atomic E-state index is -0.340. The molecule has 166 valence electrons. The van der Waals surface area contributed by atoms with E-state index in [9.17, 15) is 14.4 Å². The molecule has 2 heterocycles. The second-order valence-electron chi connectivity index (χ2n) is 8.22. The van der Waals surface area contributed by atoms with E-state index in [-0.39, 0.29) is 30.2 Å². The quantitative estimate of drug-likeness (QED) is 0.618. The molecule has 0 aliphatic carbocycles. The Morgan fingerprint density at radius 2 is 1.72 bits per heavy atom. The third kappa shape index (κ3) is 4.64. The standard InChI is InChI=1S/C24H27N5O3/c1-16-14-17(2)29(27-16)15-22(30)25-26-23(31)19-10-12-28(13-11-19)24(32)21-9-5-7-18-6-3-4-8-20(18)21/h3-9,14,19H,10-13,15H2,1-2H3,(H,25,30)(H,26,31). The topological polar surface area (TPSA) is 96.3 Å². The molecule has 4 rings (SSSR count). The van der Waals surface area contributed by atoms with E-state index < -0.39 is 0 Å². The molecule has 0 bridgehead atoms. The maximum Gasteiger partial charge on any atom is 0.260 e. The summed E-state index contributed by atoms with van der Waals surface area (Å²) in [6, 6.07) is 15.5. The Kier molecular flexibility index (Phi) is 6.20. The van der Waals surface area contributed by atoms with Crippen molar-refractivity contribution in [3.63, 3.8) is 0 Å². The summed E-state index contributed by atoms with van der Waals surface area (Å²) in [6.07, 6.45) is 1.10. The summed E-state index contributed by atoms with van der Waals surface area (Å²) >= 11 is 0. The number of piperidine rings is 1. The monoisotopic (exact) mass is 433 g/mol. The first-order valence-corrected chi connectivity index (χ1v) is 10.8. The summed E-state index contributed by atoms with van der Waals surface area (Å²) in [6.45, 7) is 4.78. The Balaban J connectivity index is 1.28. The number of fused-ring (bicyclic) bond motifs is 1. The fraction of sp³-hybridized carbons (Fsp3) is 0.333. The number of likely N-dealkylation sites (tertiary alicyclic amines) is 1. The molecule has 8 heteroatoms. The number of hydrogen-bond donors (Lipinski definition) is 2. The lowest BCUT2D eigenvalue weighted by Crippen LogP contribution is -2.49. The number of nitrogens with one attached hydrogen (secondary N) is 2. The molecular weight excluding hydrogens is 406 g/mol. The number of rotatable bonds is 4. The smallest absolute Gasteiger partial charge is 0.260 e. The molecule has 1 aromatic heterocycles.